The van der Waals surface area contributed by atoms with Crippen molar-refractivity contribution in [1.82, 2.24) is 5.32 Å². The molecule has 0 unspecified atom stereocenters. The second-order valence-electron chi connectivity index (χ2n) is 8.57. The number of benzene rings is 3. The van der Waals surface area contributed by atoms with Crippen LogP contribution in [0.15, 0.2) is 72.8 Å². The Morgan fingerprint density at radius 3 is 2.05 bits per heavy atom. The van der Waals surface area contributed by atoms with E-state index < -0.39 is 36.4 Å². The highest BCUT2D eigenvalue weighted by Crippen LogP contribution is 2.44. The average molecular weight is 503 g/mol. The van der Waals surface area contributed by atoms with Crippen LogP contribution in [0.3, 0.4) is 0 Å². The first-order chi connectivity index (χ1) is 17.9. The number of anilines is 1. The number of ether oxygens (including phenoxy) is 2. The van der Waals surface area contributed by atoms with Gasteiger partial charge in [-0.05, 0) is 39.9 Å². The molecule has 37 heavy (non-hydrogen) atoms. The van der Waals surface area contributed by atoms with Crippen molar-refractivity contribution >= 4 is 29.6 Å². The van der Waals surface area contributed by atoms with Gasteiger partial charge in [0.05, 0.1) is 7.11 Å². The molecule has 0 saturated heterocycles. The lowest BCUT2D eigenvalue weighted by atomic mass is 9.98. The number of hydrogen-bond acceptors (Lipinski definition) is 6. The summed E-state index contributed by atoms with van der Waals surface area (Å²) in [5, 5.41) is 13.8. The Balaban J connectivity index is 1.38. The van der Waals surface area contributed by atoms with Gasteiger partial charge in [0.1, 0.15) is 19.1 Å². The SMILES string of the molecule is COC(=O)[C@H](Cc1ccc(NC(=O)CC(=O)O)cc1)NC(=O)OCC1c2ccccc2-c2ccccc21. The Labute approximate surface area is 213 Å². The van der Waals surface area contributed by atoms with Crippen LogP contribution in [0.4, 0.5) is 10.5 Å². The second-order valence-corrected chi connectivity index (χ2v) is 8.57. The first-order valence-corrected chi connectivity index (χ1v) is 11.7. The molecule has 4 rings (SSSR count). The Morgan fingerprint density at radius 1 is 0.892 bits per heavy atom. The molecule has 0 fully saturated rings. The predicted octanol–water partition coefficient (Wildman–Crippen LogP) is 3.72. The third kappa shape index (κ3) is 6.13. The van der Waals surface area contributed by atoms with Gasteiger partial charge in [0.2, 0.25) is 5.91 Å². The molecule has 9 nitrogen and oxygen atoms in total. The zero-order valence-corrected chi connectivity index (χ0v) is 20.1. The molecule has 2 amide bonds. The third-order valence-corrected chi connectivity index (χ3v) is 6.11. The fourth-order valence-corrected chi connectivity index (χ4v) is 4.42. The maximum Gasteiger partial charge on any atom is 0.407 e. The largest absolute Gasteiger partial charge is 0.481 e. The van der Waals surface area contributed by atoms with Crippen LogP contribution in [0.1, 0.15) is 29.0 Å². The van der Waals surface area contributed by atoms with Gasteiger partial charge in [0.25, 0.3) is 0 Å². The van der Waals surface area contributed by atoms with Crippen LogP contribution >= 0.6 is 0 Å². The number of hydrogen-bond donors (Lipinski definition) is 3. The number of rotatable bonds is 9. The van der Waals surface area contributed by atoms with E-state index in [1.54, 1.807) is 24.3 Å². The lowest BCUT2D eigenvalue weighted by Crippen LogP contribution is -2.43. The molecule has 9 heteroatoms. The van der Waals surface area contributed by atoms with E-state index in [1.165, 1.54) is 7.11 Å². The minimum atomic E-state index is -1.23. The molecule has 0 aliphatic heterocycles. The van der Waals surface area contributed by atoms with Gasteiger partial charge in [0, 0.05) is 18.0 Å². The first kappa shape index (κ1) is 25.4. The smallest absolute Gasteiger partial charge is 0.407 e. The van der Waals surface area contributed by atoms with Gasteiger partial charge in [-0.3, -0.25) is 9.59 Å². The molecular formula is C28H26N2O7. The second kappa shape index (κ2) is 11.4. The highest BCUT2D eigenvalue weighted by Gasteiger charge is 2.30. The molecule has 3 N–H and O–H groups in total. The lowest BCUT2D eigenvalue weighted by Gasteiger charge is -2.19. The topological polar surface area (TPSA) is 131 Å². The maximum absolute atomic E-state index is 12.7. The summed E-state index contributed by atoms with van der Waals surface area (Å²) in [5.74, 6) is -2.62. The molecular weight excluding hydrogens is 476 g/mol. The van der Waals surface area contributed by atoms with Crippen LogP contribution < -0.4 is 10.6 Å². The van der Waals surface area contributed by atoms with Crippen molar-refractivity contribution in [2.75, 3.05) is 19.0 Å². The highest BCUT2D eigenvalue weighted by atomic mass is 16.6. The van der Waals surface area contributed by atoms with Gasteiger partial charge < -0.3 is 25.2 Å². The van der Waals surface area contributed by atoms with E-state index in [9.17, 15) is 19.2 Å². The summed E-state index contributed by atoms with van der Waals surface area (Å²) < 4.78 is 10.4. The van der Waals surface area contributed by atoms with Crippen molar-refractivity contribution in [3.05, 3.63) is 89.5 Å². The minimum absolute atomic E-state index is 0.110. The molecule has 0 bridgehead atoms. The fourth-order valence-electron chi connectivity index (χ4n) is 4.42. The number of nitrogens with one attached hydrogen (secondary N) is 2. The Morgan fingerprint density at radius 2 is 1.49 bits per heavy atom. The molecule has 3 aromatic rings. The van der Waals surface area contributed by atoms with Crippen LogP contribution in [0.5, 0.6) is 0 Å². The number of amides is 2. The van der Waals surface area contributed by atoms with Gasteiger partial charge in [0.15, 0.2) is 0 Å². The Hall–Kier alpha value is -4.66. The summed E-state index contributed by atoms with van der Waals surface area (Å²) >= 11 is 0. The minimum Gasteiger partial charge on any atom is -0.481 e. The molecule has 1 aliphatic rings. The number of fused-ring (bicyclic) bond motifs is 3. The van der Waals surface area contributed by atoms with Crippen LogP contribution in [0, 0.1) is 0 Å². The zero-order valence-electron chi connectivity index (χ0n) is 20.1. The van der Waals surface area contributed by atoms with E-state index in [0.29, 0.717) is 11.3 Å². The van der Waals surface area contributed by atoms with Gasteiger partial charge in [-0.25, -0.2) is 9.59 Å². The molecule has 1 atom stereocenters. The maximum atomic E-state index is 12.7. The van der Waals surface area contributed by atoms with Crippen LogP contribution in [0.2, 0.25) is 0 Å². The van der Waals surface area contributed by atoms with Crippen LogP contribution in [0.25, 0.3) is 11.1 Å². The monoisotopic (exact) mass is 502 g/mol. The normalized spacial score (nSPS) is 12.6. The van der Waals surface area contributed by atoms with E-state index in [2.05, 4.69) is 10.6 Å². The number of methoxy groups -OCH3 is 1. The summed E-state index contributed by atoms with van der Waals surface area (Å²) in [4.78, 5) is 47.3. The van der Waals surface area contributed by atoms with E-state index in [-0.39, 0.29) is 18.9 Å². The fraction of sp³-hybridized carbons (Fsp3) is 0.214. The van der Waals surface area contributed by atoms with Crippen LogP contribution in [-0.2, 0) is 30.3 Å². The van der Waals surface area contributed by atoms with Crippen molar-refractivity contribution in [3.63, 3.8) is 0 Å². The van der Waals surface area contributed by atoms with Crippen molar-refractivity contribution < 1.29 is 33.8 Å². The summed E-state index contributed by atoms with van der Waals surface area (Å²) in [5.41, 5.74) is 5.48. The van der Waals surface area contributed by atoms with Gasteiger partial charge >= 0.3 is 18.0 Å². The summed E-state index contributed by atoms with van der Waals surface area (Å²) in [7, 11) is 1.23. The molecule has 0 saturated carbocycles. The summed E-state index contributed by atoms with van der Waals surface area (Å²) in [6.07, 6.45) is -1.26. The number of carboxylic acids is 1. The average Bonchev–Trinajstić information content (AvgIpc) is 3.21. The van der Waals surface area contributed by atoms with Crippen LogP contribution in [-0.4, -0.2) is 48.8 Å². The lowest BCUT2D eigenvalue weighted by molar-refractivity contribution is -0.143. The molecule has 0 spiro atoms. The number of carboxylic acid groups (broad SMARTS) is 1. The van der Waals surface area contributed by atoms with E-state index in [0.717, 1.165) is 22.3 Å². The number of esters is 1. The van der Waals surface area contributed by atoms with Crippen molar-refractivity contribution in [2.24, 2.45) is 0 Å². The van der Waals surface area contributed by atoms with Crippen molar-refractivity contribution in [2.45, 2.75) is 24.8 Å². The predicted molar refractivity (Wildman–Crippen MR) is 135 cm³/mol. The number of carbonyl (C=O) groups is 4. The number of alkyl carbamates (subject to hydrolysis) is 1. The molecule has 3 aromatic carbocycles. The molecule has 0 aromatic heterocycles. The number of carbonyl (C=O) groups excluding carboxylic acids is 3. The Bertz CT molecular complexity index is 1270. The first-order valence-electron chi connectivity index (χ1n) is 11.7. The summed E-state index contributed by atoms with van der Waals surface area (Å²) in [6, 6.07) is 21.5. The summed E-state index contributed by atoms with van der Waals surface area (Å²) in [6.45, 7) is 0.110. The standard InChI is InChI=1S/C28H26N2O7/c1-36-27(34)24(14-17-10-12-18(13-11-17)29-25(31)15-26(32)33)30-28(35)37-16-23-21-8-4-2-6-19(21)20-7-3-5-9-22(20)23/h2-13,23-24H,14-16H2,1H3,(H,29,31)(H,30,35)(H,32,33)/t24-/m0/s1. The van der Waals surface area contributed by atoms with E-state index >= 15 is 0 Å². The van der Waals surface area contributed by atoms with E-state index in [4.69, 9.17) is 14.6 Å². The van der Waals surface area contributed by atoms with Crippen molar-refractivity contribution in [1.29, 1.82) is 0 Å². The van der Waals surface area contributed by atoms with Gasteiger partial charge in [-0.2, -0.15) is 0 Å². The quantitative estimate of drug-likeness (QED) is 0.300. The van der Waals surface area contributed by atoms with Gasteiger partial charge in [-0.15, -0.1) is 0 Å². The number of aliphatic carboxylic acids is 1. The Kier molecular flexibility index (Phi) is 7.83. The van der Waals surface area contributed by atoms with Gasteiger partial charge in [-0.1, -0.05) is 60.7 Å². The van der Waals surface area contributed by atoms with Crippen molar-refractivity contribution in [3.8, 4) is 11.1 Å². The molecule has 190 valence electrons. The zero-order chi connectivity index (χ0) is 26.4. The highest BCUT2D eigenvalue weighted by molar-refractivity contribution is 6.01. The van der Waals surface area contributed by atoms with E-state index in [1.807, 2.05) is 48.5 Å². The molecule has 1 aliphatic carbocycles. The third-order valence-electron chi connectivity index (χ3n) is 6.11. The molecule has 0 heterocycles. The molecule has 0 radical (unpaired) electrons.